The van der Waals surface area contributed by atoms with Crippen LogP contribution in [0.4, 0.5) is 16.2 Å². The average Bonchev–Trinajstić information content (AvgIpc) is 3.09. The van der Waals surface area contributed by atoms with E-state index in [-0.39, 0.29) is 115 Å². The lowest BCUT2D eigenvalue weighted by Gasteiger charge is -2.41. The van der Waals surface area contributed by atoms with E-state index in [9.17, 15) is 53.6 Å². The number of benzene rings is 2. The zero-order valence-electron chi connectivity index (χ0n) is 54.7. The number of aliphatic hydroxyl groups excluding tert-OH is 1. The van der Waals surface area contributed by atoms with Crippen molar-refractivity contribution in [3.63, 3.8) is 0 Å². The quantitative estimate of drug-likeness (QED) is 0.0209. The standard InChI is InChI=1S/C66H97N7O14S2/c1-16-42(8)61(55(85-14)36-58(78)72-31-20-23-51(72)63(86-15)45(11)52(74)33-43(9)62(79)47-21-18-17-19-22-47)70(12)65(81)50(39(2)3)35-54(76)60(41(6)7)71(13)66(82)87-38-46-24-26-48(27-25-46)68-64(80)44(10)34-53(75)59(40(4)5)69-56(77)30-32-88-89-57-29-28-49(37-67-57)73(83)84/h17-19,21-22,24-29,37,39-45,50-51,55,59-63,79H,16,20,23,30-36,38H2,1-15H3,(H,68,80)(H,69,77)/t42-,43-,44+,45-,50-,51-,55+,59-,60-,61-,62+,63?/m0/s1. The number of methoxy groups -OCH3 is 2. The first-order chi connectivity index (χ1) is 42.1. The number of aromatic nitrogens is 1. The number of nitrogens with one attached hydrogen (secondary N) is 2. The van der Waals surface area contributed by atoms with Crippen LogP contribution in [-0.2, 0) is 54.4 Å². The molecule has 2 aromatic carbocycles. The molecule has 23 heteroatoms. The molecule has 1 saturated heterocycles. The van der Waals surface area contributed by atoms with E-state index >= 15 is 0 Å². The van der Waals surface area contributed by atoms with Crippen LogP contribution in [0, 0.1) is 57.5 Å². The number of aliphatic hydroxyl groups is 1. The monoisotopic (exact) mass is 1280 g/mol. The molecule has 2 heterocycles. The normalized spacial score (nSPS) is 17.1. The molecular weight excluding hydrogens is 1180 g/mol. The highest BCUT2D eigenvalue weighted by atomic mass is 33.1. The van der Waals surface area contributed by atoms with Gasteiger partial charge in [-0.2, -0.15) is 0 Å². The Labute approximate surface area is 534 Å². The van der Waals surface area contributed by atoms with Crippen molar-refractivity contribution in [2.75, 3.05) is 45.9 Å². The van der Waals surface area contributed by atoms with Gasteiger partial charge in [-0.15, -0.1) is 0 Å². The van der Waals surface area contributed by atoms with Crippen LogP contribution in [-0.4, -0.2) is 154 Å². The number of Topliss-reactive ketones (excluding diaryl/α,β-unsaturated/α-hetero) is 3. The molecule has 89 heavy (non-hydrogen) atoms. The van der Waals surface area contributed by atoms with Gasteiger partial charge in [-0.1, -0.05) is 136 Å². The summed E-state index contributed by atoms with van der Waals surface area (Å²) < 4.78 is 17.8. The molecule has 21 nitrogen and oxygen atoms in total. The number of amides is 5. The lowest BCUT2D eigenvalue weighted by atomic mass is 9.83. The molecule has 1 aliphatic rings. The molecule has 1 unspecified atom stereocenters. The molecule has 0 spiro atoms. The van der Waals surface area contributed by atoms with Crippen molar-refractivity contribution < 1.29 is 62.6 Å². The minimum absolute atomic E-state index is 0.0432. The van der Waals surface area contributed by atoms with Crippen molar-refractivity contribution >= 4 is 80.0 Å². The number of pyridine rings is 1. The van der Waals surface area contributed by atoms with Gasteiger partial charge < -0.3 is 44.7 Å². The van der Waals surface area contributed by atoms with Crippen LogP contribution in [0.1, 0.15) is 145 Å². The third-order valence-corrected chi connectivity index (χ3v) is 19.4. The maximum atomic E-state index is 14.8. The second-order valence-electron chi connectivity index (χ2n) is 24.8. The third-order valence-electron chi connectivity index (χ3n) is 17.1. The molecule has 0 aliphatic carbocycles. The second kappa shape index (κ2) is 36.5. The number of anilines is 1. The topological polar surface area (TPSA) is 274 Å². The van der Waals surface area contributed by atoms with E-state index in [0.717, 1.165) is 12.0 Å². The van der Waals surface area contributed by atoms with Gasteiger partial charge in [0.15, 0.2) is 11.6 Å². The predicted molar refractivity (Wildman–Crippen MR) is 345 cm³/mol. The molecule has 12 atom stereocenters. The van der Waals surface area contributed by atoms with Crippen LogP contribution < -0.4 is 10.6 Å². The number of likely N-dealkylation sites (N-methyl/N-ethyl adjacent to an activating group) is 2. The van der Waals surface area contributed by atoms with Crippen molar-refractivity contribution in [2.45, 2.75) is 182 Å². The molecule has 492 valence electrons. The zero-order valence-corrected chi connectivity index (χ0v) is 56.3. The van der Waals surface area contributed by atoms with Crippen molar-refractivity contribution in [2.24, 2.45) is 47.3 Å². The van der Waals surface area contributed by atoms with Crippen LogP contribution in [0.2, 0.25) is 0 Å². The summed E-state index contributed by atoms with van der Waals surface area (Å²) in [5, 5.41) is 28.1. The molecule has 5 amide bonds. The van der Waals surface area contributed by atoms with Crippen LogP contribution in [0.25, 0.3) is 0 Å². The molecule has 4 rings (SSSR count). The summed E-state index contributed by atoms with van der Waals surface area (Å²) in [7, 11) is 8.89. The summed E-state index contributed by atoms with van der Waals surface area (Å²) in [6, 6.07) is 16.1. The Hall–Kier alpha value is -6.27. The molecule has 1 aromatic heterocycles. The van der Waals surface area contributed by atoms with Gasteiger partial charge in [0.1, 0.15) is 23.6 Å². The Morgan fingerprint density at radius 2 is 1.45 bits per heavy atom. The minimum atomic E-state index is -0.939. The van der Waals surface area contributed by atoms with E-state index in [0.29, 0.717) is 41.4 Å². The first-order valence-electron chi connectivity index (χ1n) is 31.0. The molecule has 3 N–H and O–H groups in total. The molecule has 1 fully saturated rings. The maximum Gasteiger partial charge on any atom is 0.410 e. The van der Waals surface area contributed by atoms with Crippen molar-refractivity contribution in [1.29, 1.82) is 0 Å². The number of ketones is 3. The number of ether oxygens (including phenoxy) is 3. The van der Waals surface area contributed by atoms with Gasteiger partial charge in [0, 0.05) is 95.8 Å². The zero-order chi connectivity index (χ0) is 66.4. The highest BCUT2D eigenvalue weighted by Crippen LogP contribution is 2.34. The number of hydrogen-bond acceptors (Lipinski definition) is 17. The molecule has 0 radical (unpaired) electrons. The Morgan fingerprint density at radius 3 is 2.01 bits per heavy atom. The molecule has 1 aliphatic heterocycles. The molecule has 0 saturated carbocycles. The molecule has 0 bridgehead atoms. The van der Waals surface area contributed by atoms with Crippen molar-refractivity contribution in [3.8, 4) is 0 Å². The Morgan fingerprint density at radius 1 is 0.787 bits per heavy atom. The van der Waals surface area contributed by atoms with Crippen LogP contribution in [0.5, 0.6) is 0 Å². The summed E-state index contributed by atoms with van der Waals surface area (Å²) in [6.07, 6.45) is 0.227. The van der Waals surface area contributed by atoms with Gasteiger partial charge in [0.25, 0.3) is 5.69 Å². The molecule has 3 aromatic rings. The van der Waals surface area contributed by atoms with E-state index in [1.54, 1.807) is 55.1 Å². The van der Waals surface area contributed by atoms with Gasteiger partial charge >= 0.3 is 6.09 Å². The van der Waals surface area contributed by atoms with Gasteiger partial charge in [-0.25, -0.2) is 9.78 Å². The summed E-state index contributed by atoms with van der Waals surface area (Å²) in [5.41, 5.74) is 1.66. The van der Waals surface area contributed by atoms with E-state index in [1.807, 2.05) is 99.6 Å². The first-order valence-corrected chi connectivity index (χ1v) is 33.3. The largest absolute Gasteiger partial charge is 0.445 e. The smallest absolute Gasteiger partial charge is 0.410 e. The van der Waals surface area contributed by atoms with E-state index < -0.39 is 71.1 Å². The lowest BCUT2D eigenvalue weighted by molar-refractivity contribution is -0.385. The van der Waals surface area contributed by atoms with Crippen LogP contribution in [0.3, 0.4) is 0 Å². The highest BCUT2D eigenvalue weighted by Gasteiger charge is 2.44. The fourth-order valence-electron chi connectivity index (χ4n) is 11.6. The SMILES string of the molecule is CC[C@H](C)[C@@H]([C@@H](CC(=O)N1CCC[C@H]1C(OC)[C@@H](C)C(=O)C[C@H](C)[C@@H](O)c1ccccc1)OC)N(C)C(=O)[C@@H](CC(=O)[C@H](C(C)C)N(C)C(=O)OCc1ccc(NC(=O)[C@H](C)CC(=O)[C@@H](NC(=O)CCSSc2ccc([N+](=O)[O-])cn2)C(C)C)cc1)C(C)C. The fourth-order valence-corrected chi connectivity index (χ4v) is 13.5. The van der Waals surface area contributed by atoms with Gasteiger partial charge in [0.2, 0.25) is 23.6 Å². The summed E-state index contributed by atoms with van der Waals surface area (Å²) in [4.78, 5) is 130. The Kier molecular flexibility index (Phi) is 30.9. The van der Waals surface area contributed by atoms with E-state index in [4.69, 9.17) is 14.2 Å². The number of rotatable bonds is 37. The van der Waals surface area contributed by atoms with Crippen LogP contribution >= 0.6 is 21.6 Å². The van der Waals surface area contributed by atoms with E-state index in [1.165, 1.54) is 59.0 Å². The highest BCUT2D eigenvalue weighted by molar-refractivity contribution is 8.76. The summed E-state index contributed by atoms with van der Waals surface area (Å²) in [6.45, 7) is 20.6. The number of likely N-dealkylation sites (tertiary alicyclic amines) is 1. The summed E-state index contributed by atoms with van der Waals surface area (Å²) in [5.74, 6) is -4.91. The second-order valence-corrected chi connectivity index (χ2v) is 27.2. The number of carbonyl (C=O) groups excluding carboxylic acids is 8. The third kappa shape index (κ3) is 22.0. The average molecular weight is 1280 g/mol. The molecular formula is C66H97N7O14S2. The van der Waals surface area contributed by atoms with E-state index in [2.05, 4.69) is 15.6 Å². The summed E-state index contributed by atoms with van der Waals surface area (Å²) >= 11 is 0. The Bertz CT molecular complexity index is 2810. The first kappa shape index (κ1) is 75.2. The fraction of sp³-hybridized carbons (Fsp3) is 0.621. The maximum absolute atomic E-state index is 14.8. The lowest BCUT2D eigenvalue weighted by Crippen LogP contribution is -2.54. The van der Waals surface area contributed by atoms with Crippen molar-refractivity contribution in [3.05, 3.63) is 94.2 Å². The van der Waals surface area contributed by atoms with Gasteiger partial charge in [0.05, 0.1) is 53.8 Å². The predicted octanol–water partition coefficient (Wildman–Crippen LogP) is 10.6. The number of nitro groups is 1. The van der Waals surface area contributed by atoms with Crippen molar-refractivity contribution in [1.82, 2.24) is 25.0 Å². The number of carbonyl (C=O) groups is 8. The Balaban J connectivity index is 1.32. The van der Waals surface area contributed by atoms with Crippen LogP contribution in [0.15, 0.2) is 78.0 Å². The van der Waals surface area contributed by atoms with Gasteiger partial charge in [-0.3, -0.25) is 43.7 Å². The number of nitrogens with zero attached hydrogens (tertiary/aromatic N) is 5. The van der Waals surface area contributed by atoms with Gasteiger partial charge in [-0.05, 0) is 82.6 Å². The number of hydrogen-bond donors (Lipinski definition) is 3. The minimum Gasteiger partial charge on any atom is -0.445 e.